The van der Waals surface area contributed by atoms with Crippen molar-refractivity contribution in [3.05, 3.63) is 53.8 Å². The van der Waals surface area contributed by atoms with E-state index in [4.69, 9.17) is 5.11 Å². The third-order valence-electron chi connectivity index (χ3n) is 3.94. The molecule has 1 amide bonds. The zero-order valence-electron chi connectivity index (χ0n) is 13.3. The van der Waals surface area contributed by atoms with Crippen molar-refractivity contribution in [1.82, 2.24) is 4.90 Å². The average molecular weight is 317 g/mol. The molecule has 23 heavy (non-hydrogen) atoms. The zero-order chi connectivity index (χ0) is 17.0. The summed E-state index contributed by atoms with van der Waals surface area (Å²) >= 11 is 0. The fourth-order valence-corrected chi connectivity index (χ4v) is 2.89. The largest absolute Gasteiger partial charge is 0.513 e. The van der Waals surface area contributed by atoms with Gasteiger partial charge < -0.3 is 20.2 Å². The van der Waals surface area contributed by atoms with Crippen LogP contribution < -0.4 is 0 Å². The van der Waals surface area contributed by atoms with Crippen molar-refractivity contribution in [3.8, 4) is 0 Å². The van der Waals surface area contributed by atoms with Gasteiger partial charge in [0.25, 0.3) is 5.91 Å². The van der Waals surface area contributed by atoms with E-state index >= 15 is 0 Å². The highest BCUT2D eigenvalue weighted by atomic mass is 16.3. The van der Waals surface area contributed by atoms with E-state index < -0.39 is 12.2 Å². The van der Waals surface area contributed by atoms with E-state index in [0.717, 1.165) is 11.3 Å². The van der Waals surface area contributed by atoms with Crippen molar-refractivity contribution < 1.29 is 20.1 Å². The summed E-state index contributed by atoms with van der Waals surface area (Å²) in [5, 5.41) is 28.8. The molecule has 0 radical (unpaired) electrons. The van der Waals surface area contributed by atoms with Gasteiger partial charge in [-0.05, 0) is 25.8 Å². The Hall–Kier alpha value is -2.11. The number of rotatable bonds is 7. The van der Waals surface area contributed by atoms with Crippen molar-refractivity contribution in [3.63, 3.8) is 0 Å². The minimum Gasteiger partial charge on any atom is -0.513 e. The predicted molar refractivity (Wildman–Crippen MR) is 88.8 cm³/mol. The van der Waals surface area contributed by atoms with E-state index in [1.54, 1.807) is 11.0 Å². The molecule has 124 valence electrons. The maximum atomic E-state index is 12.5. The van der Waals surface area contributed by atoms with E-state index in [0.29, 0.717) is 18.5 Å². The van der Waals surface area contributed by atoms with Crippen LogP contribution in [-0.2, 0) is 0 Å². The van der Waals surface area contributed by atoms with Gasteiger partial charge in [-0.3, -0.25) is 4.79 Å². The molecular formula is C18H23NO4. The lowest BCUT2D eigenvalue weighted by molar-refractivity contribution is 0.0637. The highest BCUT2D eigenvalue weighted by Crippen LogP contribution is 2.32. The van der Waals surface area contributed by atoms with E-state index in [1.165, 1.54) is 0 Å². The van der Waals surface area contributed by atoms with Crippen LogP contribution in [0.3, 0.4) is 0 Å². The van der Waals surface area contributed by atoms with Crippen molar-refractivity contribution in [1.29, 1.82) is 0 Å². The van der Waals surface area contributed by atoms with Crippen LogP contribution >= 0.6 is 0 Å². The van der Waals surface area contributed by atoms with Gasteiger partial charge in [-0.15, -0.1) is 0 Å². The molecule has 1 heterocycles. The summed E-state index contributed by atoms with van der Waals surface area (Å²) in [6, 6.07) is 7.44. The molecule has 0 aromatic heterocycles. The number of hydrogen-bond acceptors (Lipinski definition) is 4. The maximum absolute atomic E-state index is 12.5. The average Bonchev–Trinajstić information content (AvgIpc) is 2.76. The molecule has 0 fully saturated rings. The first kappa shape index (κ1) is 17.2. The third-order valence-corrected chi connectivity index (χ3v) is 3.94. The van der Waals surface area contributed by atoms with Gasteiger partial charge in [-0.2, -0.15) is 0 Å². The Morgan fingerprint density at radius 2 is 1.91 bits per heavy atom. The first-order valence-corrected chi connectivity index (χ1v) is 7.74. The van der Waals surface area contributed by atoms with Crippen molar-refractivity contribution >= 4 is 11.6 Å². The van der Waals surface area contributed by atoms with Crippen LogP contribution in [0.25, 0.3) is 5.70 Å². The highest BCUT2D eigenvalue weighted by molar-refractivity contribution is 6.09. The Labute approximate surface area is 136 Å². The normalized spacial score (nSPS) is 18.1. The first-order valence-electron chi connectivity index (χ1n) is 7.74. The topological polar surface area (TPSA) is 81.0 Å². The molecule has 2 rings (SSSR count). The lowest BCUT2D eigenvalue weighted by Gasteiger charge is -2.21. The molecule has 1 aromatic carbocycles. The molecule has 1 aliphatic rings. The Bertz CT molecular complexity index is 623. The molecule has 0 spiro atoms. The summed E-state index contributed by atoms with van der Waals surface area (Å²) in [7, 11) is 0. The van der Waals surface area contributed by atoms with E-state index in [9.17, 15) is 15.0 Å². The second-order valence-corrected chi connectivity index (χ2v) is 5.78. The van der Waals surface area contributed by atoms with Gasteiger partial charge in [0, 0.05) is 29.8 Å². The van der Waals surface area contributed by atoms with Gasteiger partial charge in [-0.1, -0.05) is 30.9 Å². The van der Waals surface area contributed by atoms with Gasteiger partial charge in [-0.25, -0.2) is 0 Å². The highest BCUT2D eigenvalue weighted by Gasteiger charge is 2.31. The summed E-state index contributed by atoms with van der Waals surface area (Å²) < 4.78 is 0. The first-order chi connectivity index (χ1) is 10.9. The number of aliphatic hydroxyl groups is 3. The second-order valence-electron chi connectivity index (χ2n) is 5.78. The fourth-order valence-electron chi connectivity index (χ4n) is 2.89. The molecule has 2 atom stereocenters. The van der Waals surface area contributed by atoms with Gasteiger partial charge >= 0.3 is 0 Å². The maximum Gasteiger partial charge on any atom is 0.258 e. The quantitative estimate of drug-likeness (QED) is 0.675. The Kier molecular flexibility index (Phi) is 5.58. The number of nitrogens with zero attached hydrogens (tertiary/aromatic N) is 1. The Morgan fingerprint density at radius 3 is 2.52 bits per heavy atom. The number of aliphatic hydroxyl groups excluding tert-OH is 3. The smallest absolute Gasteiger partial charge is 0.258 e. The molecule has 0 bridgehead atoms. The van der Waals surface area contributed by atoms with E-state index in [-0.39, 0.29) is 24.5 Å². The molecule has 0 unspecified atom stereocenters. The van der Waals surface area contributed by atoms with Crippen molar-refractivity contribution in [2.45, 2.75) is 38.4 Å². The summed E-state index contributed by atoms with van der Waals surface area (Å²) in [5.41, 5.74) is 2.43. The minimum absolute atomic E-state index is 0.0469. The van der Waals surface area contributed by atoms with Gasteiger partial charge in [0.2, 0.25) is 0 Å². The standard InChI is InChI=1S/C18H23NO4/c1-3-17-15-6-4-5-7-16(15)18(23)19(17)9-8-13(21)11-14(22)10-12(2)20/h3-7,13-14,20-22H,2,8-11H2,1H3/b17-3-/t13-,14+/m1/s1. The van der Waals surface area contributed by atoms with Gasteiger partial charge in [0.05, 0.1) is 18.0 Å². The fraction of sp³-hybridized carbons (Fsp3) is 0.389. The summed E-state index contributed by atoms with van der Waals surface area (Å²) in [4.78, 5) is 14.1. The molecule has 1 aromatic rings. The van der Waals surface area contributed by atoms with Crippen LogP contribution in [-0.4, -0.2) is 44.9 Å². The van der Waals surface area contributed by atoms with Crippen LogP contribution in [0, 0.1) is 0 Å². The molecule has 5 nitrogen and oxygen atoms in total. The van der Waals surface area contributed by atoms with Crippen LogP contribution in [0.5, 0.6) is 0 Å². The van der Waals surface area contributed by atoms with Crippen LogP contribution in [0.15, 0.2) is 42.7 Å². The molecule has 0 saturated heterocycles. The monoisotopic (exact) mass is 317 g/mol. The summed E-state index contributed by atoms with van der Waals surface area (Å²) in [6.07, 6.45) is 0.840. The molecule has 3 N–H and O–H groups in total. The van der Waals surface area contributed by atoms with Crippen LogP contribution in [0.2, 0.25) is 0 Å². The number of allylic oxidation sites excluding steroid dienone is 1. The predicted octanol–water partition coefficient (Wildman–Crippen LogP) is 2.47. The Balaban J connectivity index is 1.96. The molecule has 0 aliphatic carbocycles. The Morgan fingerprint density at radius 1 is 1.26 bits per heavy atom. The minimum atomic E-state index is -0.838. The lowest BCUT2D eigenvalue weighted by Crippen LogP contribution is -2.28. The molecule has 5 heteroatoms. The van der Waals surface area contributed by atoms with Gasteiger partial charge in [0.15, 0.2) is 0 Å². The summed E-state index contributed by atoms with van der Waals surface area (Å²) in [6.45, 7) is 5.57. The molecule has 1 aliphatic heterocycles. The number of hydrogen-bond donors (Lipinski definition) is 3. The van der Waals surface area contributed by atoms with E-state index in [1.807, 2.05) is 31.2 Å². The molecular weight excluding hydrogens is 294 g/mol. The van der Waals surface area contributed by atoms with Crippen LogP contribution in [0.1, 0.15) is 42.1 Å². The molecule has 0 saturated carbocycles. The van der Waals surface area contributed by atoms with E-state index in [2.05, 4.69) is 6.58 Å². The zero-order valence-corrected chi connectivity index (χ0v) is 13.3. The summed E-state index contributed by atoms with van der Waals surface area (Å²) in [5.74, 6) is -0.170. The number of amides is 1. The van der Waals surface area contributed by atoms with Crippen molar-refractivity contribution in [2.24, 2.45) is 0 Å². The van der Waals surface area contributed by atoms with Gasteiger partial charge in [0.1, 0.15) is 0 Å². The lowest BCUT2D eigenvalue weighted by atomic mass is 10.1. The van der Waals surface area contributed by atoms with Crippen LogP contribution in [0.4, 0.5) is 0 Å². The number of fused-ring (bicyclic) bond motifs is 1. The van der Waals surface area contributed by atoms with Crippen molar-refractivity contribution in [2.75, 3.05) is 6.54 Å². The SMILES string of the molecule is C=C(O)C[C@H](O)C[C@H](O)CCN1C(=O)c2ccccc2/C1=C/C. The number of carbonyl (C=O) groups is 1. The second kappa shape index (κ2) is 7.44. The number of carbonyl (C=O) groups excluding carboxylic acids is 1. The number of benzene rings is 1. The third kappa shape index (κ3) is 4.00.